The molecule has 0 saturated carbocycles. The topological polar surface area (TPSA) is 102 Å². The second kappa shape index (κ2) is 13.8. The average molecular weight is 606 g/mol. The molecule has 45 heavy (non-hydrogen) atoms. The minimum Gasteiger partial charge on any atom is -0.358 e. The lowest BCUT2D eigenvalue weighted by molar-refractivity contribution is 0.400. The Balaban J connectivity index is 1.49. The minimum atomic E-state index is -0.266. The van der Waals surface area contributed by atoms with Gasteiger partial charge in [-0.3, -0.25) is 5.10 Å². The van der Waals surface area contributed by atoms with Crippen LogP contribution < -0.4 is 5.32 Å². The number of allylic oxidation sites excluding steroid dienone is 4. The second-order valence-corrected chi connectivity index (χ2v) is 11.6. The molecule has 0 unspecified atom stereocenters. The van der Waals surface area contributed by atoms with Crippen LogP contribution in [-0.2, 0) is 6.42 Å². The van der Waals surface area contributed by atoms with Gasteiger partial charge >= 0.3 is 0 Å². The lowest BCUT2D eigenvalue weighted by Gasteiger charge is -2.15. The average Bonchev–Trinajstić information content (AvgIpc) is 3.62. The number of hydrogen-bond donors (Lipinski definition) is 3. The van der Waals surface area contributed by atoms with Crippen molar-refractivity contribution in [2.75, 3.05) is 41.3 Å². The maximum Gasteiger partial charge on any atom is 0.178 e. The monoisotopic (exact) mass is 605 g/mol. The summed E-state index contributed by atoms with van der Waals surface area (Å²) < 4.78 is 14.8. The van der Waals surface area contributed by atoms with Gasteiger partial charge in [0, 0.05) is 29.7 Å². The van der Waals surface area contributed by atoms with E-state index in [1.807, 2.05) is 76.4 Å². The molecule has 0 aliphatic rings. The van der Waals surface area contributed by atoms with Crippen LogP contribution in [0, 0.1) is 5.82 Å². The molecule has 4 heterocycles. The van der Waals surface area contributed by atoms with Crippen molar-refractivity contribution in [1.29, 1.82) is 0 Å². The standard InChI is InChI=1S/C35H40FN9/c1-8-24(20-27(9-2)38-22(3)21-45(6)7)29-12-13-30-32(39-29)33(43-42-30)35-40-31-28(14-15-37-34(31)41-35)25-17-23(18-26(36)19-25)11-10-16-44(4)5/h8-9,12-15,17-20,38H,2-3,10-11,16,21H2,1,4-7H3,(H,42,43)(H,37,40,41)/b24-8+,27-20+. The van der Waals surface area contributed by atoms with Crippen LogP contribution in [-0.4, -0.2) is 81.2 Å². The first-order valence-electron chi connectivity index (χ1n) is 14.9. The molecule has 0 fully saturated rings. The molecule has 0 atom stereocenters. The van der Waals surface area contributed by atoms with Gasteiger partial charge in [0.1, 0.15) is 11.3 Å². The van der Waals surface area contributed by atoms with Crippen molar-refractivity contribution in [1.82, 2.24) is 45.2 Å². The second-order valence-electron chi connectivity index (χ2n) is 11.6. The summed E-state index contributed by atoms with van der Waals surface area (Å²) in [5, 5.41) is 11.0. The van der Waals surface area contributed by atoms with Crippen LogP contribution in [0.25, 0.3) is 50.4 Å². The third-order valence-electron chi connectivity index (χ3n) is 7.33. The smallest absolute Gasteiger partial charge is 0.178 e. The Morgan fingerprint density at radius 1 is 1.07 bits per heavy atom. The minimum absolute atomic E-state index is 0.266. The molecule has 1 aromatic carbocycles. The number of halogens is 1. The van der Waals surface area contributed by atoms with Gasteiger partial charge in [0.2, 0.25) is 0 Å². The maximum absolute atomic E-state index is 14.8. The summed E-state index contributed by atoms with van der Waals surface area (Å²) in [5.74, 6) is 0.257. The van der Waals surface area contributed by atoms with Crippen molar-refractivity contribution in [3.05, 3.63) is 102 Å². The molecule has 0 amide bonds. The predicted molar refractivity (Wildman–Crippen MR) is 182 cm³/mol. The van der Waals surface area contributed by atoms with E-state index in [4.69, 9.17) is 9.97 Å². The van der Waals surface area contributed by atoms with E-state index in [1.165, 1.54) is 0 Å². The van der Waals surface area contributed by atoms with Crippen LogP contribution in [0.3, 0.4) is 0 Å². The quantitative estimate of drug-likeness (QED) is 0.135. The highest BCUT2D eigenvalue weighted by atomic mass is 19.1. The fourth-order valence-corrected chi connectivity index (χ4v) is 5.28. The van der Waals surface area contributed by atoms with Crippen LogP contribution in [0.5, 0.6) is 0 Å². The Labute approximate surface area is 263 Å². The molecule has 0 aliphatic carbocycles. The van der Waals surface area contributed by atoms with E-state index in [1.54, 1.807) is 24.4 Å². The summed E-state index contributed by atoms with van der Waals surface area (Å²) in [6.45, 7) is 11.7. The number of hydrogen-bond acceptors (Lipinski definition) is 7. The highest BCUT2D eigenvalue weighted by molar-refractivity contribution is 5.95. The van der Waals surface area contributed by atoms with E-state index < -0.39 is 0 Å². The summed E-state index contributed by atoms with van der Waals surface area (Å²) in [6, 6.07) is 11.0. The van der Waals surface area contributed by atoms with Crippen LogP contribution >= 0.6 is 0 Å². The van der Waals surface area contributed by atoms with Gasteiger partial charge in [0.25, 0.3) is 0 Å². The Morgan fingerprint density at radius 2 is 1.89 bits per heavy atom. The molecule has 9 nitrogen and oxygen atoms in total. The molecule has 0 radical (unpaired) electrons. The van der Waals surface area contributed by atoms with Gasteiger partial charge in [-0.1, -0.05) is 25.3 Å². The summed E-state index contributed by atoms with van der Waals surface area (Å²) in [7, 11) is 8.07. The van der Waals surface area contributed by atoms with Crippen molar-refractivity contribution in [3.8, 4) is 22.6 Å². The van der Waals surface area contributed by atoms with Crippen molar-refractivity contribution in [2.45, 2.75) is 19.8 Å². The maximum atomic E-state index is 14.8. The molecule has 232 valence electrons. The van der Waals surface area contributed by atoms with Crippen LogP contribution in [0.1, 0.15) is 24.6 Å². The van der Waals surface area contributed by atoms with Crippen molar-refractivity contribution in [3.63, 3.8) is 0 Å². The lowest BCUT2D eigenvalue weighted by Crippen LogP contribution is -2.23. The normalized spacial score (nSPS) is 12.5. The van der Waals surface area contributed by atoms with E-state index >= 15 is 0 Å². The number of fused-ring (bicyclic) bond motifs is 2. The lowest BCUT2D eigenvalue weighted by atomic mass is 10.0. The third kappa shape index (κ3) is 7.42. The molecule has 4 aromatic heterocycles. The van der Waals surface area contributed by atoms with Crippen LogP contribution in [0.15, 0.2) is 85.4 Å². The van der Waals surface area contributed by atoms with Gasteiger partial charge in [-0.25, -0.2) is 19.3 Å². The van der Waals surface area contributed by atoms with E-state index in [0.717, 1.165) is 64.3 Å². The van der Waals surface area contributed by atoms with Crippen LogP contribution in [0.4, 0.5) is 4.39 Å². The molecule has 10 heteroatoms. The first-order valence-corrected chi connectivity index (χ1v) is 14.9. The molecule has 5 rings (SSSR count). The van der Waals surface area contributed by atoms with Gasteiger partial charge < -0.3 is 20.1 Å². The molecule has 5 aromatic rings. The van der Waals surface area contributed by atoms with Crippen LogP contribution in [0.2, 0.25) is 0 Å². The summed E-state index contributed by atoms with van der Waals surface area (Å²) in [5.41, 5.74) is 9.14. The van der Waals surface area contributed by atoms with E-state index in [2.05, 4.69) is 43.5 Å². The van der Waals surface area contributed by atoms with E-state index in [-0.39, 0.29) is 5.82 Å². The number of aromatic amines is 2. The molecular weight excluding hydrogens is 565 g/mol. The zero-order chi connectivity index (χ0) is 32.1. The molecule has 0 spiro atoms. The molecular formula is C35H40FN9. The predicted octanol–water partition coefficient (Wildman–Crippen LogP) is 6.33. The number of nitrogens with zero attached hydrogens (tertiary/aromatic N) is 6. The number of likely N-dealkylation sites (N-methyl/N-ethyl adjacent to an activating group) is 1. The fourth-order valence-electron chi connectivity index (χ4n) is 5.28. The zero-order valence-corrected chi connectivity index (χ0v) is 26.6. The highest BCUT2D eigenvalue weighted by Crippen LogP contribution is 2.32. The number of benzene rings is 1. The first kappa shape index (κ1) is 31.5. The molecule has 0 saturated heterocycles. The van der Waals surface area contributed by atoms with Gasteiger partial charge in [-0.15, -0.1) is 0 Å². The zero-order valence-electron chi connectivity index (χ0n) is 26.6. The number of imidazole rings is 1. The van der Waals surface area contributed by atoms with Crippen molar-refractivity contribution >= 4 is 27.8 Å². The largest absolute Gasteiger partial charge is 0.358 e. The van der Waals surface area contributed by atoms with Gasteiger partial charge in [0.05, 0.1) is 16.7 Å². The summed E-state index contributed by atoms with van der Waals surface area (Å²) in [4.78, 5) is 21.8. The number of aryl methyl sites for hydroxylation is 1. The highest BCUT2D eigenvalue weighted by Gasteiger charge is 2.18. The number of H-pyrrole nitrogens is 2. The molecule has 0 bridgehead atoms. The Hall–Kier alpha value is -4.93. The summed E-state index contributed by atoms with van der Waals surface area (Å²) >= 11 is 0. The number of rotatable bonds is 13. The van der Waals surface area contributed by atoms with Gasteiger partial charge in [-0.05, 0) is 114 Å². The SMILES string of the molecule is C=C/C(=C\C(=C/C)c1ccc2[nH]nc(-c3nc4nccc(-c5cc(F)cc(CCCN(C)C)c5)c4[nH]3)c2n1)NC(=C)CN(C)C. The molecule has 0 aliphatic heterocycles. The third-order valence-corrected chi connectivity index (χ3v) is 7.33. The number of nitrogens with one attached hydrogen (secondary N) is 3. The summed E-state index contributed by atoms with van der Waals surface area (Å²) in [6.07, 6.45) is 9.18. The van der Waals surface area contributed by atoms with Crippen molar-refractivity contribution in [2.24, 2.45) is 0 Å². The Bertz CT molecular complexity index is 1910. The van der Waals surface area contributed by atoms with Gasteiger partial charge in [-0.2, -0.15) is 5.10 Å². The Morgan fingerprint density at radius 3 is 2.62 bits per heavy atom. The number of pyridine rings is 2. The van der Waals surface area contributed by atoms with E-state index in [0.29, 0.717) is 34.7 Å². The molecule has 3 N–H and O–H groups in total. The Kier molecular flexibility index (Phi) is 9.65. The first-order chi connectivity index (χ1) is 21.6. The van der Waals surface area contributed by atoms with Gasteiger partial charge in [0.15, 0.2) is 17.2 Å². The van der Waals surface area contributed by atoms with E-state index in [9.17, 15) is 4.39 Å². The van der Waals surface area contributed by atoms with Crippen molar-refractivity contribution < 1.29 is 4.39 Å². The number of aromatic nitrogens is 6. The fraction of sp³-hybridized carbons (Fsp3) is 0.257.